The van der Waals surface area contributed by atoms with E-state index in [1.54, 1.807) is 12.4 Å². The molecule has 1 atom stereocenters. The Morgan fingerprint density at radius 2 is 2.26 bits per heavy atom. The lowest BCUT2D eigenvalue weighted by Crippen LogP contribution is -2.21. The Balaban J connectivity index is 2.03. The van der Waals surface area contributed by atoms with Gasteiger partial charge in [0.25, 0.3) is 0 Å². The standard InChI is InChI=1S/C13H17FN4O/c1-3-18-8-16-17-13(18)7-15-9(2)11-5-4-10(19)6-12(11)14/h4-6,8-9,15,19H,3,7H2,1-2H3. The molecule has 0 aliphatic carbocycles. The normalized spacial score (nSPS) is 12.6. The van der Waals surface area contributed by atoms with E-state index in [0.717, 1.165) is 18.4 Å². The fourth-order valence-corrected chi connectivity index (χ4v) is 1.90. The molecular formula is C13H17FN4O. The van der Waals surface area contributed by atoms with Crippen LogP contribution in [0, 0.1) is 5.82 Å². The molecule has 0 saturated carbocycles. The molecular weight excluding hydrogens is 247 g/mol. The molecule has 2 N–H and O–H groups in total. The van der Waals surface area contributed by atoms with Crippen molar-refractivity contribution >= 4 is 0 Å². The third-order valence-corrected chi connectivity index (χ3v) is 3.05. The molecule has 0 amide bonds. The number of hydrogen-bond donors (Lipinski definition) is 2. The molecule has 0 fully saturated rings. The highest BCUT2D eigenvalue weighted by Crippen LogP contribution is 2.21. The molecule has 2 aromatic rings. The van der Waals surface area contributed by atoms with E-state index in [1.165, 1.54) is 6.07 Å². The van der Waals surface area contributed by atoms with E-state index in [9.17, 15) is 9.50 Å². The molecule has 2 rings (SSSR count). The van der Waals surface area contributed by atoms with Gasteiger partial charge in [0.1, 0.15) is 23.7 Å². The van der Waals surface area contributed by atoms with Crippen molar-refractivity contribution in [2.45, 2.75) is 33.0 Å². The number of phenols is 1. The van der Waals surface area contributed by atoms with Gasteiger partial charge in [-0.25, -0.2) is 4.39 Å². The van der Waals surface area contributed by atoms with Crippen LogP contribution in [0.4, 0.5) is 4.39 Å². The molecule has 0 aliphatic rings. The smallest absolute Gasteiger partial charge is 0.146 e. The number of phenolic OH excluding ortho intramolecular Hbond substituents is 1. The number of aromatic nitrogens is 3. The predicted octanol–water partition coefficient (Wildman–Crippen LogP) is 1.99. The van der Waals surface area contributed by atoms with Gasteiger partial charge in [-0.3, -0.25) is 0 Å². The number of aromatic hydroxyl groups is 1. The fraction of sp³-hybridized carbons (Fsp3) is 0.385. The highest BCUT2D eigenvalue weighted by Gasteiger charge is 2.12. The van der Waals surface area contributed by atoms with Crippen molar-refractivity contribution < 1.29 is 9.50 Å². The lowest BCUT2D eigenvalue weighted by Gasteiger charge is -2.15. The summed E-state index contributed by atoms with van der Waals surface area (Å²) >= 11 is 0. The lowest BCUT2D eigenvalue weighted by molar-refractivity contribution is 0.462. The minimum absolute atomic E-state index is 0.0702. The van der Waals surface area contributed by atoms with E-state index < -0.39 is 5.82 Å². The molecule has 0 saturated heterocycles. The van der Waals surface area contributed by atoms with Crippen molar-refractivity contribution in [3.8, 4) is 5.75 Å². The molecule has 0 radical (unpaired) electrons. The summed E-state index contributed by atoms with van der Waals surface area (Å²) < 4.78 is 15.6. The Labute approximate surface area is 111 Å². The largest absolute Gasteiger partial charge is 0.508 e. The second-order valence-electron chi connectivity index (χ2n) is 4.34. The summed E-state index contributed by atoms with van der Waals surface area (Å²) in [5, 5.41) is 20.2. The van der Waals surface area contributed by atoms with Gasteiger partial charge < -0.3 is 15.0 Å². The number of halogens is 1. The van der Waals surface area contributed by atoms with Crippen LogP contribution in [0.25, 0.3) is 0 Å². The van der Waals surface area contributed by atoms with Gasteiger partial charge in [-0.15, -0.1) is 10.2 Å². The first kappa shape index (κ1) is 13.5. The van der Waals surface area contributed by atoms with E-state index in [1.807, 2.05) is 18.4 Å². The van der Waals surface area contributed by atoms with Gasteiger partial charge in [0.05, 0.1) is 6.54 Å². The average molecular weight is 264 g/mol. The van der Waals surface area contributed by atoms with Crippen molar-refractivity contribution in [3.05, 3.63) is 41.7 Å². The summed E-state index contributed by atoms with van der Waals surface area (Å²) in [4.78, 5) is 0. The van der Waals surface area contributed by atoms with Crippen LogP contribution < -0.4 is 5.32 Å². The van der Waals surface area contributed by atoms with Gasteiger partial charge in [-0.05, 0) is 19.9 Å². The molecule has 0 spiro atoms. The van der Waals surface area contributed by atoms with E-state index in [4.69, 9.17) is 0 Å². The Morgan fingerprint density at radius 3 is 2.95 bits per heavy atom. The molecule has 1 aromatic carbocycles. The van der Waals surface area contributed by atoms with Crippen molar-refractivity contribution in [2.24, 2.45) is 0 Å². The number of nitrogens with zero attached hydrogens (tertiary/aromatic N) is 3. The van der Waals surface area contributed by atoms with Crippen LogP contribution in [-0.2, 0) is 13.1 Å². The van der Waals surface area contributed by atoms with Crippen LogP contribution in [0.5, 0.6) is 5.75 Å². The van der Waals surface area contributed by atoms with Gasteiger partial charge in [-0.2, -0.15) is 0 Å². The van der Waals surface area contributed by atoms with Crippen molar-refractivity contribution in [3.63, 3.8) is 0 Å². The van der Waals surface area contributed by atoms with E-state index in [2.05, 4.69) is 15.5 Å². The number of rotatable bonds is 5. The highest BCUT2D eigenvalue weighted by atomic mass is 19.1. The monoisotopic (exact) mass is 264 g/mol. The average Bonchev–Trinajstić information content (AvgIpc) is 2.83. The van der Waals surface area contributed by atoms with Gasteiger partial charge >= 0.3 is 0 Å². The number of benzene rings is 1. The lowest BCUT2D eigenvalue weighted by atomic mass is 10.1. The van der Waals surface area contributed by atoms with E-state index in [0.29, 0.717) is 12.1 Å². The van der Waals surface area contributed by atoms with E-state index >= 15 is 0 Å². The van der Waals surface area contributed by atoms with Crippen molar-refractivity contribution in [1.29, 1.82) is 0 Å². The Morgan fingerprint density at radius 1 is 1.47 bits per heavy atom. The van der Waals surface area contributed by atoms with E-state index in [-0.39, 0.29) is 11.8 Å². The van der Waals surface area contributed by atoms with Gasteiger partial charge in [-0.1, -0.05) is 6.07 Å². The molecule has 5 nitrogen and oxygen atoms in total. The maximum absolute atomic E-state index is 13.7. The van der Waals surface area contributed by atoms with Crippen LogP contribution >= 0.6 is 0 Å². The molecule has 0 aliphatic heterocycles. The van der Waals surface area contributed by atoms with Crippen LogP contribution in [-0.4, -0.2) is 19.9 Å². The summed E-state index contributed by atoms with van der Waals surface area (Å²) in [6.45, 7) is 5.18. The van der Waals surface area contributed by atoms with Crippen LogP contribution in [0.3, 0.4) is 0 Å². The molecule has 6 heteroatoms. The quantitative estimate of drug-likeness (QED) is 0.867. The molecule has 0 bridgehead atoms. The second-order valence-corrected chi connectivity index (χ2v) is 4.34. The molecule has 102 valence electrons. The third-order valence-electron chi connectivity index (χ3n) is 3.05. The minimum atomic E-state index is -0.419. The topological polar surface area (TPSA) is 63.0 Å². The first-order valence-electron chi connectivity index (χ1n) is 6.20. The summed E-state index contributed by atoms with van der Waals surface area (Å²) in [6.07, 6.45) is 1.67. The maximum atomic E-state index is 13.7. The zero-order valence-corrected chi connectivity index (χ0v) is 11.0. The first-order valence-corrected chi connectivity index (χ1v) is 6.20. The predicted molar refractivity (Wildman–Crippen MR) is 69.0 cm³/mol. The summed E-state index contributed by atoms with van der Waals surface area (Å²) in [5.74, 6) is 0.324. The van der Waals surface area contributed by atoms with Gasteiger partial charge in [0, 0.05) is 24.2 Å². The first-order chi connectivity index (χ1) is 9.11. The zero-order chi connectivity index (χ0) is 13.8. The Bertz CT molecular complexity index is 555. The van der Waals surface area contributed by atoms with Crippen LogP contribution in [0.1, 0.15) is 31.3 Å². The molecule has 1 unspecified atom stereocenters. The zero-order valence-electron chi connectivity index (χ0n) is 11.0. The third kappa shape index (κ3) is 3.08. The van der Waals surface area contributed by atoms with Crippen LogP contribution in [0.2, 0.25) is 0 Å². The van der Waals surface area contributed by atoms with Gasteiger partial charge in [0.2, 0.25) is 0 Å². The minimum Gasteiger partial charge on any atom is -0.508 e. The SMILES string of the molecule is CCn1cnnc1CNC(C)c1ccc(O)cc1F. The molecule has 1 heterocycles. The number of nitrogens with one attached hydrogen (secondary N) is 1. The fourth-order valence-electron chi connectivity index (χ4n) is 1.90. The highest BCUT2D eigenvalue weighted by molar-refractivity contribution is 5.29. The summed E-state index contributed by atoms with van der Waals surface area (Å²) in [6, 6.07) is 3.99. The summed E-state index contributed by atoms with van der Waals surface area (Å²) in [5.41, 5.74) is 0.514. The van der Waals surface area contributed by atoms with Crippen molar-refractivity contribution in [2.75, 3.05) is 0 Å². The summed E-state index contributed by atoms with van der Waals surface area (Å²) in [7, 11) is 0. The molecule has 1 aromatic heterocycles. The number of aryl methyl sites for hydroxylation is 1. The Kier molecular flexibility index (Phi) is 4.11. The number of hydrogen-bond acceptors (Lipinski definition) is 4. The Hall–Kier alpha value is -1.95. The second kappa shape index (κ2) is 5.79. The molecule has 19 heavy (non-hydrogen) atoms. The van der Waals surface area contributed by atoms with Crippen LogP contribution in [0.15, 0.2) is 24.5 Å². The van der Waals surface area contributed by atoms with Crippen molar-refractivity contribution in [1.82, 2.24) is 20.1 Å². The van der Waals surface area contributed by atoms with Gasteiger partial charge in [0.15, 0.2) is 0 Å². The maximum Gasteiger partial charge on any atom is 0.146 e.